The Hall–Kier alpha value is -4.07. The van der Waals surface area contributed by atoms with E-state index in [-0.39, 0.29) is 12.0 Å². The molecule has 2 aromatic heterocycles. The quantitative estimate of drug-likeness (QED) is 0.335. The van der Waals surface area contributed by atoms with Gasteiger partial charge in [0.25, 0.3) is 5.91 Å². The molecule has 0 saturated heterocycles. The van der Waals surface area contributed by atoms with Gasteiger partial charge in [0.15, 0.2) is 0 Å². The molecule has 1 aliphatic carbocycles. The molecule has 0 radical (unpaired) electrons. The van der Waals surface area contributed by atoms with Crippen LogP contribution >= 0.6 is 0 Å². The van der Waals surface area contributed by atoms with Crippen LogP contribution in [-0.2, 0) is 0 Å². The fourth-order valence-corrected chi connectivity index (χ4v) is 4.47. The van der Waals surface area contributed by atoms with E-state index in [0.29, 0.717) is 34.5 Å². The number of ether oxygens (including phenoxy) is 2. The number of benzene rings is 2. The Labute approximate surface area is 204 Å². The van der Waals surface area contributed by atoms with Gasteiger partial charge in [-0.1, -0.05) is 29.8 Å². The van der Waals surface area contributed by atoms with E-state index < -0.39 is 0 Å². The molecule has 2 aromatic carbocycles. The largest absolute Gasteiger partial charge is 0.495 e. The van der Waals surface area contributed by atoms with Gasteiger partial charge in [-0.05, 0) is 56.4 Å². The van der Waals surface area contributed by atoms with E-state index in [0.717, 1.165) is 42.2 Å². The van der Waals surface area contributed by atoms with Crippen molar-refractivity contribution in [2.75, 3.05) is 19.5 Å². The highest BCUT2D eigenvalue weighted by Crippen LogP contribution is 2.37. The maximum Gasteiger partial charge on any atom is 0.251 e. The lowest BCUT2D eigenvalue weighted by Crippen LogP contribution is -2.17. The monoisotopic (exact) mass is 471 g/mol. The first-order chi connectivity index (χ1) is 17.1. The Bertz CT molecular complexity index is 1360. The number of fused-ring (bicyclic) bond motifs is 1. The van der Waals surface area contributed by atoms with Crippen molar-refractivity contribution in [2.24, 2.45) is 0 Å². The van der Waals surface area contributed by atoms with Crippen LogP contribution in [0.3, 0.4) is 0 Å². The minimum absolute atomic E-state index is 0.142. The van der Waals surface area contributed by atoms with Crippen LogP contribution in [0.25, 0.3) is 22.2 Å². The minimum Gasteiger partial charge on any atom is -0.495 e. The number of H-pyrrole nitrogens is 1. The maximum absolute atomic E-state index is 12.0. The van der Waals surface area contributed by atoms with Crippen LogP contribution in [0.1, 0.15) is 41.6 Å². The average Bonchev–Trinajstić information content (AvgIpc) is 3.54. The van der Waals surface area contributed by atoms with Crippen molar-refractivity contribution in [2.45, 2.75) is 38.7 Å². The van der Waals surface area contributed by atoms with Crippen LogP contribution < -0.4 is 20.1 Å². The van der Waals surface area contributed by atoms with Gasteiger partial charge in [-0.15, -0.1) is 0 Å². The smallest absolute Gasteiger partial charge is 0.251 e. The van der Waals surface area contributed by atoms with E-state index >= 15 is 0 Å². The Balaban J connectivity index is 1.55. The molecule has 4 aromatic rings. The molecule has 180 valence electrons. The third-order valence-corrected chi connectivity index (χ3v) is 6.38. The zero-order valence-corrected chi connectivity index (χ0v) is 20.1. The number of nitrogens with one attached hydrogen (secondary N) is 3. The summed E-state index contributed by atoms with van der Waals surface area (Å²) in [5, 5.41) is 6.73. The molecule has 8 heteroatoms. The molecule has 0 atom stereocenters. The lowest BCUT2D eigenvalue weighted by Gasteiger charge is -2.16. The summed E-state index contributed by atoms with van der Waals surface area (Å²) in [6.07, 6.45) is 6.46. The van der Waals surface area contributed by atoms with Crippen molar-refractivity contribution in [3.05, 3.63) is 59.8 Å². The van der Waals surface area contributed by atoms with Gasteiger partial charge in [0.1, 0.15) is 17.5 Å². The van der Waals surface area contributed by atoms with E-state index in [4.69, 9.17) is 19.4 Å². The highest BCUT2D eigenvalue weighted by molar-refractivity contribution is 5.98. The van der Waals surface area contributed by atoms with Gasteiger partial charge in [0.2, 0.25) is 11.8 Å². The number of anilines is 2. The SMILES string of the molecule is CNC(=O)c1ccc(Nc2nc(OC3CCCC3)c3c(-c4ccc(C)cc4)c[nH]c3n2)c(OC)c1. The van der Waals surface area contributed by atoms with Crippen LogP contribution in [0, 0.1) is 6.92 Å². The van der Waals surface area contributed by atoms with Gasteiger partial charge < -0.3 is 25.1 Å². The Morgan fingerprint density at radius 2 is 1.86 bits per heavy atom. The molecule has 1 aliphatic rings. The van der Waals surface area contributed by atoms with Crippen molar-refractivity contribution in [1.29, 1.82) is 0 Å². The van der Waals surface area contributed by atoms with Crippen molar-refractivity contribution < 1.29 is 14.3 Å². The van der Waals surface area contributed by atoms with Crippen LogP contribution in [0.5, 0.6) is 11.6 Å². The molecule has 0 aliphatic heterocycles. The number of hydrogen-bond acceptors (Lipinski definition) is 6. The number of aromatic nitrogens is 3. The fraction of sp³-hybridized carbons (Fsp3) is 0.296. The van der Waals surface area contributed by atoms with Crippen molar-refractivity contribution in [3.63, 3.8) is 0 Å². The predicted molar refractivity (Wildman–Crippen MR) is 137 cm³/mol. The normalized spacial score (nSPS) is 13.7. The van der Waals surface area contributed by atoms with Crippen molar-refractivity contribution in [1.82, 2.24) is 20.3 Å². The summed E-state index contributed by atoms with van der Waals surface area (Å²) in [5.41, 5.74) is 5.13. The zero-order valence-electron chi connectivity index (χ0n) is 20.1. The molecule has 0 unspecified atom stereocenters. The number of carbonyl (C=O) groups excluding carboxylic acids is 1. The summed E-state index contributed by atoms with van der Waals surface area (Å²) >= 11 is 0. The van der Waals surface area contributed by atoms with Gasteiger partial charge in [-0.2, -0.15) is 9.97 Å². The number of nitrogens with zero attached hydrogens (tertiary/aromatic N) is 2. The van der Waals surface area contributed by atoms with E-state index in [1.165, 1.54) is 5.56 Å². The summed E-state index contributed by atoms with van der Waals surface area (Å²) in [6.45, 7) is 2.07. The van der Waals surface area contributed by atoms with Crippen LogP contribution in [0.15, 0.2) is 48.7 Å². The van der Waals surface area contributed by atoms with Crippen molar-refractivity contribution >= 4 is 28.6 Å². The molecule has 1 fully saturated rings. The number of hydrogen-bond donors (Lipinski definition) is 3. The summed E-state index contributed by atoms with van der Waals surface area (Å²) in [7, 11) is 3.16. The molecule has 3 N–H and O–H groups in total. The third-order valence-electron chi connectivity index (χ3n) is 6.38. The lowest BCUT2D eigenvalue weighted by molar-refractivity contribution is 0.0962. The second-order valence-corrected chi connectivity index (χ2v) is 8.79. The molecular weight excluding hydrogens is 442 g/mol. The maximum atomic E-state index is 12.0. The molecule has 5 rings (SSSR count). The molecule has 0 spiro atoms. The van der Waals surface area contributed by atoms with E-state index in [9.17, 15) is 4.79 Å². The first kappa shape index (κ1) is 22.7. The zero-order chi connectivity index (χ0) is 24.4. The number of carbonyl (C=O) groups is 1. The average molecular weight is 472 g/mol. The first-order valence-corrected chi connectivity index (χ1v) is 11.9. The number of rotatable bonds is 7. The fourth-order valence-electron chi connectivity index (χ4n) is 4.47. The summed E-state index contributed by atoms with van der Waals surface area (Å²) < 4.78 is 12.0. The summed E-state index contributed by atoms with van der Waals surface area (Å²) in [6, 6.07) is 13.6. The van der Waals surface area contributed by atoms with Crippen LogP contribution in [-0.4, -0.2) is 41.1 Å². The molecule has 0 bridgehead atoms. The van der Waals surface area contributed by atoms with Crippen LogP contribution in [0.2, 0.25) is 0 Å². The van der Waals surface area contributed by atoms with Crippen molar-refractivity contribution in [3.8, 4) is 22.8 Å². The topological polar surface area (TPSA) is 101 Å². The summed E-state index contributed by atoms with van der Waals surface area (Å²) in [5.74, 6) is 1.27. The predicted octanol–water partition coefficient (Wildman–Crippen LogP) is 5.37. The molecular formula is C27H29N5O3. The summed E-state index contributed by atoms with van der Waals surface area (Å²) in [4.78, 5) is 24.8. The number of aromatic amines is 1. The molecule has 2 heterocycles. The van der Waals surface area contributed by atoms with Gasteiger partial charge in [0, 0.05) is 24.4 Å². The van der Waals surface area contributed by atoms with Gasteiger partial charge >= 0.3 is 0 Å². The number of methoxy groups -OCH3 is 1. The molecule has 35 heavy (non-hydrogen) atoms. The Morgan fingerprint density at radius 1 is 1.09 bits per heavy atom. The first-order valence-electron chi connectivity index (χ1n) is 11.9. The Morgan fingerprint density at radius 3 is 2.57 bits per heavy atom. The molecule has 1 saturated carbocycles. The van der Waals surface area contributed by atoms with Crippen LogP contribution in [0.4, 0.5) is 11.6 Å². The Kier molecular flexibility index (Phi) is 6.27. The lowest BCUT2D eigenvalue weighted by atomic mass is 10.0. The molecule has 8 nitrogen and oxygen atoms in total. The minimum atomic E-state index is -0.185. The second-order valence-electron chi connectivity index (χ2n) is 8.79. The highest BCUT2D eigenvalue weighted by atomic mass is 16.5. The van der Waals surface area contributed by atoms with E-state index in [2.05, 4.69) is 46.8 Å². The second kappa shape index (κ2) is 9.66. The standard InChI is InChI=1S/C27H29N5O3/c1-16-8-10-17(11-9-16)20-15-29-24-23(20)26(35-19-6-4-5-7-19)32-27(31-24)30-21-13-12-18(25(33)28-2)14-22(21)34-3/h8-15,19H,4-7H2,1-3H3,(H,28,33)(H2,29,30,31,32). The highest BCUT2D eigenvalue weighted by Gasteiger charge is 2.22. The van der Waals surface area contributed by atoms with E-state index in [1.54, 1.807) is 32.4 Å². The van der Waals surface area contributed by atoms with Gasteiger partial charge in [-0.25, -0.2) is 0 Å². The van der Waals surface area contributed by atoms with Gasteiger partial charge in [-0.3, -0.25) is 4.79 Å². The van der Waals surface area contributed by atoms with Gasteiger partial charge in [0.05, 0.1) is 18.2 Å². The van der Waals surface area contributed by atoms with E-state index in [1.807, 2.05) is 6.20 Å². The molecule has 1 amide bonds. The number of amides is 1. The number of aryl methyl sites for hydroxylation is 1. The third kappa shape index (κ3) is 4.64.